The summed E-state index contributed by atoms with van der Waals surface area (Å²) in [7, 11) is 0. The van der Waals surface area contributed by atoms with Crippen molar-refractivity contribution in [3.63, 3.8) is 0 Å². The van der Waals surface area contributed by atoms with Crippen LogP contribution in [0, 0.1) is 0 Å². The molecule has 0 aliphatic carbocycles. The largest absolute Gasteiger partial charge is 0.457 e. The second-order valence-electron chi connectivity index (χ2n) is 2.62. The highest BCUT2D eigenvalue weighted by Crippen LogP contribution is 2.03. The Bertz CT molecular complexity index is 340. The molecule has 0 aliphatic heterocycles. The van der Waals surface area contributed by atoms with Gasteiger partial charge >= 0.3 is 17.9 Å². The van der Waals surface area contributed by atoms with Crippen molar-refractivity contribution in [2.75, 3.05) is 24.7 Å². The number of rotatable bonds is 7. The predicted molar refractivity (Wildman–Crippen MR) is 66.0 cm³/mol. The lowest BCUT2D eigenvalue weighted by Gasteiger charge is -2.07. The van der Waals surface area contributed by atoms with Crippen LogP contribution >= 0.6 is 25.3 Å². The Labute approximate surface area is 114 Å². The third-order valence-electron chi connectivity index (χ3n) is 1.31. The number of ether oxygens (including phenoxy) is 3. The molecule has 0 amide bonds. The summed E-state index contributed by atoms with van der Waals surface area (Å²) in [4.78, 5) is 33.1. The topological polar surface area (TPSA) is 99.1 Å². The summed E-state index contributed by atoms with van der Waals surface area (Å²) in [5.74, 6) is -3.72. The van der Waals surface area contributed by atoms with E-state index in [4.69, 9.17) is 5.11 Å². The van der Waals surface area contributed by atoms with E-state index >= 15 is 0 Å². The van der Waals surface area contributed by atoms with E-state index in [2.05, 4.69) is 39.5 Å². The van der Waals surface area contributed by atoms with Crippen molar-refractivity contribution >= 4 is 43.2 Å². The van der Waals surface area contributed by atoms with E-state index in [1.807, 2.05) is 0 Å². The molecule has 0 radical (unpaired) electrons. The van der Waals surface area contributed by atoms with Crippen molar-refractivity contribution in [3.8, 4) is 0 Å². The number of esters is 3. The van der Waals surface area contributed by atoms with Crippen LogP contribution in [0.3, 0.4) is 0 Å². The monoisotopic (exact) mass is 296 g/mol. The second-order valence-corrected chi connectivity index (χ2v) is 3.25. The fourth-order valence-corrected chi connectivity index (χ4v) is 0.774. The van der Waals surface area contributed by atoms with Crippen LogP contribution in [0.1, 0.15) is 0 Å². The number of carbonyl (C=O) groups is 3. The van der Waals surface area contributed by atoms with E-state index in [0.717, 1.165) is 0 Å². The van der Waals surface area contributed by atoms with Crippen molar-refractivity contribution in [2.24, 2.45) is 0 Å². The summed E-state index contributed by atoms with van der Waals surface area (Å²) in [6.45, 7) is -0.676. The zero-order valence-electron chi connectivity index (χ0n) is 9.20. The highest BCUT2D eigenvalue weighted by molar-refractivity contribution is 7.81. The van der Waals surface area contributed by atoms with Crippen LogP contribution < -0.4 is 0 Å². The van der Waals surface area contributed by atoms with Gasteiger partial charge < -0.3 is 19.3 Å². The molecular formula is C9H12O7S2. The summed E-state index contributed by atoms with van der Waals surface area (Å²) < 4.78 is 13.5. The van der Waals surface area contributed by atoms with Gasteiger partial charge in [0.15, 0.2) is 0 Å². The van der Waals surface area contributed by atoms with Crippen LogP contribution in [0.5, 0.6) is 0 Å². The van der Waals surface area contributed by atoms with Crippen molar-refractivity contribution in [1.29, 1.82) is 0 Å². The fraction of sp³-hybridized carbons (Fsp3) is 0.444. The van der Waals surface area contributed by atoms with Gasteiger partial charge in [0.05, 0.1) is 18.1 Å². The van der Waals surface area contributed by atoms with Crippen LogP contribution in [0.4, 0.5) is 0 Å². The van der Waals surface area contributed by atoms with Gasteiger partial charge in [-0.25, -0.2) is 4.79 Å². The molecule has 0 aromatic heterocycles. The Kier molecular flexibility index (Phi) is 9.15. The van der Waals surface area contributed by atoms with Crippen molar-refractivity contribution in [2.45, 2.75) is 0 Å². The molecule has 0 unspecified atom stereocenters. The smallest absolute Gasteiger partial charge is 0.377 e. The molecular weight excluding hydrogens is 284 g/mol. The summed E-state index contributed by atoms with van der Waals surface area (Å²) in [6, 6.07) is 0. The SMILES string of the molecule is O=C(CS)OC=C(OC(=O)CS)C(=O)OCCO. The van der Waals surface area contributed by atoms with Gasteiger partial charge in [-0.2, -0.15) is 25.3 Å². The number of carbonyl (C=O) groups excluding carboxylic acids is 3. The van der Waals surface area contributed by atoms with E-state index in [0.29, 0.717) is 6.26 Å². The van der Waals surface area contributed by atoms with Crippen LogP contribution in [0.15, 0.2) is 12.0 Å². The molecule has 0 aromatic carbocycles. The minimum absolute atomic E-state index is 0.212. The fourth-order valence-electron chi connectivity index (χ4n) is 0.635. The van der Waals surface area contributed by atoms with Crippen LogP contribution in [0.25, 0.3) is 0 Å². The van der Waals surface area contributed by atoms with Gasteiger partial charge in [-0.15, -0.1) is 0 Å². The number of aliphatic hydroxyl groups is 1. The Morgan fingerprint density at radius 1 is 1.11 bits per heavy atom. The molecule has 1 N–H and O–H groups in total. The second kappa shape index (κ2) is 9.80. The van der Waals surface area contributed by atoms with Crippen molar-refractivity contribution in [1.82, 2.24) is 0 Å². The van der Waals surface area contributed by atoms with Gasteiger partial charge in [0, 0.05) is 0 Å². The van der Waals surface area contributed by atoms with Crippen LogP contribution in [0.2, 0.25) is 0 Å². The summed E-state index contributed by atoms with van der Waals surface area (Å²) in [5.41, 5.74) is 0. The van der Waals surface area contributed by atoms with E-state index in [9.17, 15) is 14.4 Å². The van der Waals surface area contributed by atoms with Crippen LogP contribution in [-0.2, 0) is 28.6 Å². The molecule has 0 aromatic rings. The number of aliphatic hydroxyl groups excluding tert-OH is 1. The molecule has 0 rings (SSSR count). The zero-order chi connectivity index (χ0) is 14.0. The molecule has 102 valence electrons. The van der Waals surface area contributed by atoms with E-state index in [-0.39, 0.29) is 18.1 Å². The Hall–Kier alpha value is -1.19. The molecule has 0 bridgehead atoms. The normalized spacial score (nSPS) is 10.7. The molecule has 0 spiro atoms. The average Bonchev–Trinajstić information content (AvgIpc) is 2.39. The first kappa shape index (κ1) is 16.8. The van der Waals surface area contributed by atoms with Gasteiger partial charge in [-0.3, -0.25) is 9.59 Å². The standard InChI is InChI=1S/C9H12O7S2/c10-1-2-14-9(13)6(16-8(12)5-18)3-15-7(11)4-17/h3,10,17-18H,1-2,4-5H2. The molecule has 0 saturated heterocycles. The van der Waals surface area contributed by atoms with Crippen molar-refractivity contribution < 1.29 is 33.7 Å². The third kappa shape index (κ3) is 7.20. The number of hydrogen-bond donors (Lipinski definition) is 3. The molecule has 9 heteroatoms. The molecule has 0 atom stereocenters. The quantitative estimate of drug-likeness (QED) is 0.188. The third-order valence-corrected chi connectivity index (χ3v) is 1.82. The lowest BCUT2D eigenvalue weighted by atomic mass is 10.5. The maximum Gasteiger partial charge on any atom is 0.377 e. The van der Waals surface area contributed by atoms with Gasteiger partial charge in [0.2, 0.25) is 0 Å². The van der Waals surface area contributed by atoms with Crippen molar-refractivity contribution in [3.05, 3.63) is 12.0 Å². The molecule has 0 fully saturated rings. The average molecular weight is 296 g/mol. The lowest BCUT2D eigenvalue weighted by molar-refractivity contribution is -0.151. The Balaban J connectivity index is 4.64. The van der Waals surface area contributed by atoms with Gasteiger partial charge in [-0.1, -0.05) is 0 Å². The number of thiol groups is 2. The maximum atomic E-state index is 11.3. The summed E-state index contributed by atoms with van der Waals surface area (Å²) >= 11 is 7.28. The summed E-state index contributed by atoms with van der Waals surface area (Å²) in [5, 5.41) is 8.47. The molecule has 7 nitrogen and oxygen atoms in total. The maximum absolute atomic E-state index is 11.3. The minimum atomic E-state index is -1.05. The Morgan fingerprint density at radius 2 is 1.72 bits per heavy atom. The molecule has 0 heterocycles. The first-order valence-corrected chi connectivity index (χ1v) is 5.91. The summed E-state index contributed by atoms with van der Waals surface area (Å²) in [6.07, 6.45) is 0.638. The highest BCUT2D eigenvalue weighted by Gasteiger charge is 2.17. The predicted octanol–water partition coefficient (Wildman–Crippen LogP) is -0.691. The molecule has 0 aliphatic rings. The first-order valence-electron chi connectivity index (χ1n) is 4.65. The van der Waals surface area contributed by atoms with E-state index < -0.39 is 30.3 Å². The highest BCUT2D eigenvalue weighted by atomic mass is 32.1. The van der Waals surface area contributed by atoms with Crippen LogP contribution in [-0.4, -0.2) is 47.7 Å². The van der Waals surface area contributed by atoms with Gasteiger partial charge in [-0.05, 0) is 0 Å². The van der Waals surface area contributed by atoms with Gasteiger partial charge in [0.1, 0.15) is 12.9 Å². The lowest BCUT2D eigenvalue weighted by Crippen LogP contribution is -2.18. The molecule has 18 heavy (non-hydrogen) atoms. The van der Waals surface area contributed by atoms with E-state index in [1.165, 1.54) is 0 Å². The molecule has 0 saturated carbocycles. The van der Waals surface area contributed by atoms with Gasteiger partial charge in [0.25, 0.3) is 5.76 Å². The Morgan fingerprint density at radius 3 is 2.22 bits per heavy atom. The first-order chi connectivity index (χ1) is 8.54. The minimum Gasteiger partial charge on any atom is -0.457 e. The van der Waals surface area contributed by atoms with E-state index in [1.54, 1.807) is 0 Å². The zero-order valence-corrected chi connectivity index (χ0v) is 11.0. The number of hydrogen-bond acceptors (Lipinski definition) is 9.